The molecule has 0 unspecified atom stereocenters. The lowest BCUT2D eigenvalue weighted by Gasteiger charge is -2.21. The van der Waals surface area contributed by atoms with Crippen LogP contribution < -0.4 is 5.32 Å². The van der Waals surface area contributed by atoms with Crippen molar-refractivity contribution in [3.05, 3.63) is 42.1 Å². The highest BCUT2D eigenvalue weighted by molar-refractivity contribution is 5.74. The van der Waals surface area contributed by atoms with Gasteiger partial charge >= 0.3 is 6.03 Å². The molecule has 2 aromatic rings. The number of hydrogen-bond donors (Lipinski definition) is 2. The molecule has 0 bridgehead atoms. The number of urea groups is 1. The summed E-state index contributed by atoms with van der Waals surface area (Å²) in [4.78, 5) is 13.6. The molecule has 6 heteroatoms. The molecule has 2 amide bonds. The summed E-state index contributed by atoms with van der Waals surface area (Å²) in [5.41, 5.74) is 1.60. The SMILES string of the molecule is CCCN(CCO)C(=O)NCc1cc(-c2ccccc2)on1. The van der Waals surface area contributed by atoms with E-state index in [9.17, 15) is 4.79 Å². The zero-order valence-corrected chi connectivity index (χ0v) is 12.7. The topological polar surface area (TPSA) is 78.6 Å². The highest BCUT2D eigenvalue weighted by Gasteiger charge is 2.13. The summed E-state index contributed by atoms with van der Waals surface area (Å²) in [7, 11) is 0. The summed E-state index contributed by atoms with van der Waals surface area (Å²) < 4.78 is 5.28. The first-order valence-electron chi connectivity index (χ1n) is 7.39. The summed E-state index contributed by atoms with van der Waals surface area (Å²) in [5.74, 6) is 0.672. The van der Waals surface area contributed by atoms with Crippen LogP contribution >= 0.6 is 0 Å². The van der Waals surface area contributed by atoms with E-state index in [0.29, 0.717) is 31.1 Å². The summed E-state index contributed by atoms with van der Waals surface area (Å²) in [6.45, 7) is 3.17. The Morgan fingerprint density at radius 3 is 2.77 bits per heavy atom. The first-order valence-corrected chi connectivity index (χ1v) is 7.39. The van der Waals surface area contributed by atoms with Gasteiger partial charge in [0.25, 0.3) is 0 Å². The number of aliphatic hydroxyl groups is 1. The van der Waals surface area contributed by atoms with Crippen molar-refractivity contribution in [1.82, 2.24) is 15.4 Å². The van der Waals surface area contributed by atoms with E-state index in [2.05, 4.69) is 10.5 Å². The lowest BCUT2D eigenvalue weighted by molar-refractivity contribution is 0.176. The zero-order chi connectivity index (χ0) is 15.8. The number of carbonyl (C=O) groups is 1. The van der Waals surface area contributed by atoms with E-state index in [4.69, 9.17) is 9.63 Å². The highest BCUT2D eigenvalue weighted by Crippen LogP contribution is 2.19. The molecule has 2 N–H and O–H groups in total. The van der Waals surface area contributed by atoms with Crippen LogP contribution in [0.25, 0.3) is 11.3 Å². The maximum Gasteiger partial charge on any atom is 0.317 e. The number of aromatic nitrogens is 1. The quantitative estimate of drug-likeness (QED) is 0.822. The van der Waals surface area contributed by atoms with Gasteiger partial charge in [0, 0.05) is 24.7 Å². The first-order chi connectivity index (χ1) is 10.7. The number of nitrogens with one attached hydrogen (secondary N) is 1. The predicted molar refractivity (Wildman–Crippen MR) is 83.1 cm³/mol. The van der Waals surface area contributed by atoms with Gasteiger partial charge in [0.05, 0.1) is 13.2 Å². The fourth-order valence-electron chi connectivity index (χ4n) is 2.12. The smallest absolute Gasteiger partial charge is 0.317 e. The molecule has 1 aromatic carbocycles. The number of benzene rings is 1. The molecule has 0 aliphatic carbocycles. The van der Waals surface area contributed by atoms with Crippen molar-refractivity contribution in [2.75, 3.05) is 19.7 Å². The Bertz CT molecular complexity index is 577. The van der Waals surface area contributed by atoms with Crippen LogP contribution in [0, 0.1) is 0 Å². The van der Waals surface area contributed by atoms with Gasteiger partial charge in [-0.2, -0.15) is 0 Å². The Balaban J connectivity index is 1.92. The standard InChI is InChI=1S/C16H21N3O3/c1-2-8-19(9-10-20)16(21)17-12-14-11-15(22-18-14)13-6-4-3-5-7-13/h3-7,11,20H,2,8-10,12H2,1H3,(H,17,21). The summed E-state index contributed by atoms with van der Waals surface area (Å²) in [6, 6.07) is 11.3. The monoisotopic (exact) mass is 303 g/mol. The molecule has 0 aliphatic heterocycles. The first kappa shape index (κ1) is 16.0. The largest absolute Gasteiger partial charge is 0.395 e. The molecule has 0 aliphatic rings. The molecule has 22 heavy (non-hydrogen) atoms. The molecule has 0 saturated heterocycles. The molecule has 0 spiro atoms. The van der Waals surface area contributed by atoms with Gasteiger partial charge in [-0.15, -0.1) is 0 Å². The summed E-state index contributed by atoms with van der Waals surface area (Å²) in [5, 5.41) is 15.7. The number of aliphatic hydroxyl groups excluding tert-OH is 1. The van der Waals surface area contributed by atoms with Gasteiger partial charge in [0.2, 0.25) is 0 Å². The van der Waals surface area contributed by atoms with Crippen molar-refractivity contribution in [3.63, 3.8) is 0 Å². The molecule has 6 nitrogen and oxygen atoms in total. The van der Waals surface area contributed by atoms with Crippen molar-refractivity contribution >= 4 is 6.03 Å². The number of rotatable bonds is 7. The highest BCUT2D eigenvalue weighted by atomic mass is 16.5. The van der Waals surface area contributed by atoms with Crippen LogP contribution in [-0.2, 0) is 6.54 Å². The fourth-order valence-corrected chi connectivity index (χ4v) is 2.12. The van der Waals surface area contributed by atoms with Crippen molar-refractivity contribution in [2.24, 2.45) is 0 Å². The van der Waals surface area contributed by atoms with Crippen LogP contribution in [0.5, 0.6) is 0 Å². The van der Waals surface area contributed by atoms with Gasteiger partial charge in [-0.1, -0.05) is 42.4 Å². The van der Waals surface area contributed by atoms with Crippen LogP contribution in [0.2, 0.25) is 0 Å². The Hall–Kier alpha value is -2.34. The molecular weight excluding hydrogens is 282 g/mol. The minimum absolute atomic E-state index is 0.0461. The molecule has 0 saturated carbocycles. The summed E-state index contributed by atoms with van der Waals surface area (Å²) >= 11 is 0. The van der Waals surface area contributed by atoms with Crippen molar-refractivity contribution in [3.8, 4) is 11.3 Å². The molecule has 1 aromatic heterocycles. The summed E-state index contributed by atoms with van der Waals surface area (Å²) in [6.07, 6.45) is 0.843. The molecule has 0 fully saturated rings. The Labute approximate surface area is 129 Å². The van der Waals surface area contributed by atoms with E-state index in [1.54, 1.807) is 4.90 Å². The van der Waals surface area contributed by atoms with Gasteiger partial charge in [0.1, 0.15) is 5.69 Å². The van der Waals surface area contributed by atoms with E-state index in [1.807, 2.05) is 43.3 Å². The van der Waals surface area contributed by atoms with Crippen molar-refractivity contribution < 1.29 is 14.4 Å². The lowest BCUT2D eigenvalue weighted by Crippen LogP contribution is -2.41. The maximum absolute atomic E-state index is 12.0. The molecule has 118 valence electrons. The number of amides is 2. The van der Waals surface area contributed by atoms with Crippen molar-refractivity contribution in [1.29, 1.82) is 0 Å². The molecular formula is C16H21N3O3. The van der Waals surface area contributed by atoms with Gasteiger partial charge < -0.3 is 19.8 Å². The van der Waals surface area contributed by atoms with Crippen LogP contribution in [0.4, 0.5) is 4.79 Å². The van der Waals surface area contributed by atoms with E-state index in [0.717, 1.165) is 12.0 Å². The zero-order valence-electron chi connectivity index (χ0n) is 12.7. The number of hydrogen-bond acceptors (Lipinski definition) is 4. The van der Waals surface area contributed by atoms with Crippen LogP contribution in [0.1, 0.15) is 19.0 Å². The minimum Gasteiger partial charge on any atom is -0.395 e. The maximum atomic E-state index is 12.0. The third-order valence-electron chi connectivity index (χ3n) is 3.19. The van der Waals surface area contributed by atoms with Crippen molar-refractivity contribution in [2.45, 2.75) is 19.9 Å². The number of carbonyl (C=O) groups excluding carboxylic acids is 1. The van der Waals surface area contributed by atoms with Crippen LogP contribution in [0.15, 0.2) is 40.9 Å². The second-order valence-electron chi connectivity index (χ2n) is 4.92. The molecule has 2 rings (SSSR count). The third kappa shape index (κ3) is 4.33. The van der Waals surface area contributed by atoms with Crippen LogP contribution in [-0.4, -0.2) is 40.9 Å². The van der Waals surface area contributed by atoms with E-state index in [-0.39, 0.29) is 12.6 Å². The number of nitrogens with zero attached hydrogens (tertiary/aromatic N) is 2. The van der Waals surface area contributed by atoms with Crippen LogP contribution in [0.3, 0.4) is 0 Å². The second kappa shape index (κ2) is 8.19. The minimum atomic E-state index is -0.208. The van der Waals surface area contributed by atoms with E-state index >= 15 is 0 Å². The third-order valence-corrected chi connectivity index (χ3v) is 3.19. The van der Waals surface area contributed by atoms with E-state index in [1.165, 1.54) is 0 Å². The Morgan fingerprint density at radius 2 is 2.09 bits per heavy atom. The molecule has 0 atom stereocenters. The van der Waals surface area contributed by atoms with Gasteiger partial charge in [-0.05, 0) is 6.42 Å². The second-order valence-corrected chi connectivity index (χ2v) is 4.92. The fraction of sp³-hybridized carbons (Fsp3) is 0.375. The Morgan fingerprint density at radius 1 is 1.32 bits per heavy atom. The predicted octanol–water partition coefficient (Wildman–Crippen LogP) is 2.26. The average molecular weight is 303 g/mol. The van der Waals surface area contributed by atoms with E-state index < -0.39 is 0 Å². The van der Waals surface area contributed by atoms with Gasteiger partial charge in [-0.25, -0.2) is 4.79 Å². The Kier molecular flexibility index (Phi) is 5.97. The molecule has 0 radical (unpaired) electrons. The average Bonchev–Trinajstić information content (AvgIpc) is 3.02. The van der Waals surface area contributed by atoms with Gasteiger partial charge in [0.15, 0.2) is 5.76 Å². The van der Waals surface area contributed by atoms with Gasteiger partial charge in [-0.3, -0.25) is 0 Å². The normalized spacial score (nSPS) is 10.5. The molecule has 1 heterocycles. The lowest BCUT2D eigenvalue weighted by atomic mass is 10.2.